The van der Waals surface area contributed by atoms with Crippen molar-refractivity contribution in [3.63, 3.8) is 0 Å². The molecule has 1 amide bonds. The number of carbonyl (C=O) groups excluding carboxylic acids is 1. The molecule has 0 spiro atoms. The lowest BCUT2D eigenvalue weighted by molar-refractivity contribution is -0.120. The predicted molar refractivity (Wildman–Crippen MR) is 146 cm³/mol. The van der Waals surface area contributed by atoms with E-state index in [0.29, 0.717) is 0 Å². The summed E-state index contributed by atoms with van der Waals surface area (Å²) in [6.45, 7) is 5.90. The fourth-order valence-electron chi connectivity index (χ4n) is 4.41. The molecule has 3 aromatic carbocycles. The van der Waals surface area contributed by atoms with Crippen molar-refractivity contribution in [1.82, 2.24) is 5.32 Å². The fraction of sp³-hybridized carbons (Fsp3) is 0.321. The number of amides is 1. The van der Waals surface area contributed by atoms with Crippen LogP contribution in [-0.2, 0) is 14.8 Å². The Morgan fingerprint density at radius 3 is 2.25 bits per heavy atom. The smallest absolute Gasteiger partial charge is 0.264 e. The van der Waals surface area contributed by atoms with Gasteiger partial charge in [0.15, 0.2) is 0 Å². The summed E-state index contributed by atoms with van der Waals surface area (Å²) in [6.07, 6.45) is 2.39. The summed E-state index contributed by atoms with van der Waals surface area (Å²) in [5, 5.41) is 3.19. The van der Waals surface area contributed by atoms with Crippen LogP contribution in [0.1, 0.15) is 38.3 Å². The van der Waals surface area contributed by atoms with Gasteiger partial charge in [0, 0.05) is 18.8 Å². The molecule has 3 aromatic rings. The van der Waals surface area contributed by atoms with E-state index in [9.17, 15) is 13.2 Å². The molecule has 6 nitrogen and oxygen atoms in total. The highest BCUT2D eigenvalue weighted by molar-refractivity contribution is 7.92. The van der Waals surface area contributed by atoms with Crippen LogP contribution in [-0.4, -0.2) is 34.0 Å². The second kappa shape index (κ2) is 11.4. The first-order valence-corrected chi connectivity index (χ1v) is 14.0. The Hall–Kier alpha value is -3.03. The van der Waals surface area contributed by atoms with Gasteiger partial charge in [-0.3, -0.25) is 9.10 Å². The maximum atomic E-state index is 13.5. The molecule has 1 heterocycles. The summed E-state index contributed by atoms with van der Waals surface area (Å²) in [6, 6.07) is 22.6. The summed E-state index contributed by atoms with van der Waals surface area (Å²) in [5.41, 5.74) is 2.39. The van der Waals surface area contributed by atoms with Gasteiger partial charge < -0.3 is 10.2 Å². The van der Waals surface area contributed by atoms with Crippen LogP contribution in [0.4, 0.5) is 11.4 Å². The van der Waals surface area contributed by atoms with Crippen molar-refractivity contribution in [3.8, 4) is 0 Å². The zero-order chi connectivity index (χ0) is 25.7. The number of benzene rings is 3. The van der Waals surface area contributed by atoms with E-state index in [1.165, 1.54) is 30.7 Å². The summed E-state index contributed by atoms with van der Waals surface area (Å²) in [4.78, 5) is 15.6. The molecule has 4 rings (SSSR count). The molecule has 1 aliphatic heterocycles. The van der Waals surface area contributed by atoms with Crippen LogP contribution >= 0.6 is 11.6 Å². The van der Waals surface area contributed by atoms with Gasteiger partial charge in [0.25, 0.3) is 10.0 Å². The topological polar surface area (TPSA) is 69.7 Å². The lowest BCUT2D eigenvalue weighted by Gasteiger charge is -2.32. The number of rotatable bonds is 8. The van der Waals surface area contributed by atoms with E-state index in [2.05, 4.69) is 29.3 Å². The number of nitrogens with zero attached hydrogens (tertiary/aromatic N) is 2. The molecule has 190 valence electrons. The zero-order valence-corrected chi connectivity index (χ0v) is 22.2. The number of halogens is 1. The number of piperidine rings is 1. The van der Waals surface area contributed by atoms with Crippen LogP contribution in [0.3, 0.4) is 0 Å². The van der Waals surface area contributed by atoms with Crippen molar-refractivity contribution in [3.05, 3.63) is 89.4 Å². The van der Waals surface area contributed by atoms with Crippen molar-refractivity contribution >= 4 is 38.9 Å². The Morgan fingerprint density at radius 1 is 1.00 bits per heavy atom. The molecule has 0 bridgehead atoms. The van der Waals surface area contributed by atoms with Gasteiger partial charge in [0.2, 0.25) is 5.91 Å². The number of sulfonamides is 1. The van der Waals surface area contributed by atoms with Crippen molar-refractivity contribution in [2.75, 3.05) is 28.8 Å². The number of para-hydroxylation sites is 1. The molecule has 36 heavy (non-hydrogen) atoms. The van der Waals surface area contributed by atoms with Gasteiger partial charge in [-0.1, -0.05) is 61.0 Å². The monoisotopic (exact) mass is 525 g/mol. The van der Waals surface area contributed by atoms with Gasteiger partial charge in [-0.2, -0.15) is 0 Å². The lowest BCUT2D eigenvalue weighted by atomic mass is 9.98. The molecule has 1 atom stereocenters. The second-order valence-corrected chi connectivity index (χ2v) is 11.6. The Balaban J connectivity index is 1.49. The molecule has 1 N–H and O–H groups in total. The van der Waals surface area contributed by atoms with Crippen LogP contribution in [0.25, 0.3) is 0 Å². The third-order valence-corrected chi connectivity index (χ3v) is 8.75. The average Bonchev–Trinajstić information content (AvgIpc) is 2.89. The zero-order valence-electron chi connectivity index (χ0n) is 20.6. The first-order valence-electron chi connectivity index (χ1n) is 12.2. The summed E-state index contributed by atoms with van der Waals surface area (Å²) < 4.78 is 28.0. The number of hydrogen-bond donors (Lipinski definition) is 1. The molecule has 8 heteroatoms. The fourth-order valence-corrected chi connectivity index (χ4v) is 6.16. The molecular weight excluding hydrogens is 494 g/mol. The Kier molecular flexibility index (Phi) is 8.21. The molecule has 1 aliphatic rings. The Morgan fingerprint density at radius 2 is 1.61 bits per heavy atom. The molecule has 1 fully saturated rings. The van der Waals surface area contributed by atoms with Gasteiger partial charge in [-0.15, -0.1) is 0 Å². The van der Waals surface area contributed by atoms with Crippen LogP contribution in [0, 0.1) is 5.92 Å². The van der Waals surface area contributed by atoms with E-state index < -0.39 is 22.5 Å². The lowest BCUT2D eigenvalue weighted by Crippen LogP contribution is -2.41. The van der Waals surface area contributed by atoms with Gasteiger partial charge in [0.1, 0.15) is 6.54 Å². The van der Waals surface area contributed by atoms with Crippen LogP contribution in [0.5, 0.6) is 0 Å². The van der Waals surface area contributed by atoms with Crippen LogP contribution in [0.15, 0.2) is 83.8 Å². The normalized spacial score (nSPS) is 15.4. The van der Waals surface area contributed by atoms with E-state index in [1.54, 1.807) is 42.5 Å². The van der Waals surface area contributed by atoms with E-state index >= 15 is 0 Å². The molecule has 1 saturated heterocycles. The van der Waals surface area contributed by atoms with E-state index in [1.807, 2.05) is 19.1 Å². The highest BCUT2D eigenvalue weighted by Gasteiger charge is 2.29. The molecule has 0 saturated carbocycles. The molecule has 1 unspecified atom stereocenters. The van der Waals surface area contributed by atoms with Gasteiger partial charge in [-0.25, -0.2) is 8.42 Å². The number of carbonyl (C=O) groups is 1. The highest BCUT2D eigenvalue weighted by atomic mass is 35.5. The van der Waals surface area contributed by atoms with Crippen LogP contribution in [0.2, 0.25) is 5.02 Å². The van der Waals surface area contributed by atoms with E-state index in [4.69, 9.17) is 11.6 Å². The first kappa shape index (κ1) is 26.0. The minimum absolute atomic E-state index is 0.0912. The van der Waals surface area contributed by atoms with E-state index in [0.717, 1.165) is 28.9 Å². The van der Waals surface area contributed by atoms with Crippen LogP contribution < -0.4 is 14.5 Å². The largest absolute Gasteiger partial charge is 0.372 e. The first-order chi connectivity index (χ1) is 17.3. The molecule has 0 aliphatic carbocycles. The van der Waals surface area contributed by atoms with Gasteiger partial charge in [-0.05, 0) is 67.6 Å². The number of anilines is 2. The summed E-state index contributed by atoms with van der Waals surface area (Å²) >= 11 is 6.34. The van der Waals surface area contributed by atoms with Crippen molar-refractivity contribution in [2.45, 2.75) is 37.6 Å². The Bertz CT molecular complexity index is 1270. The minimum atomic E-state index is -4.01. The van der Waals surface area contributed by atoms with Crippen molar-refractivity contribution < 1.29 is 13.2 Å². The molecular formula is C28H32ClN3O3S. The maximum Gasteiger partial charge on any atom is 0.264 e. The second-order valence-electron chi connectivity index (χ2n) is 9.33. The van der Waals surface area contributed by atoms with E-state index in [-0.39, 0.29) is 21.6 Å². The standard InChI is InChI=1S/C28H32ClN3O3S/c1-21-16-18-31(19-17-21)24-14-12-23(13-15-24)22(2)30-28(33)20-32(27-11-7-6-10-26(27)29)36(34,35)25-8-4-3-5-9-25/h3-15,21-22H,16-20H2,1-2H3,(H,30,33). The maximum absolute atomic E-state index is 13.5. The highest BCUT2D eigenvalue weighted by Crippen LogP contribution is 2.30. The van der Waals surface area contributed by atoms with Gasteiger partial charge >= 0.3 is 0 Å². The number of hydrogen-bond acceptors (Lipinski definition) is 4. The van der Waals surface area contributed by atoms with Crippen molar-refractivity contribution in [2.24, 2.45) is 5.92 Å². The average molecular weight is 526 g/mol. The van der Waals surface area contributed by atoms with Gasteiger partial charge in [0.05, 0.1) is 21.6 Å². The summed E-state index contributed by atoms with van der Waals surface area (Å²) in [5.74, 6) is 0.350. The third kappa shape index (κ3) is 6.02. The molecule has 0 aromatic heterocycles. The predicted octanol–water partition coefficient (Wildman–Crippen LogP) is 5.65. The Labute approximate surface area is 218 Å². The number of nitrogens with one attached hydrogen (secondary N) is 1. The third-order valence-electron chi connectivity index (χ3n) is 6.66. The molecule has 0 radical (unpaired) electrons. The summed E-state index contributed by atoms with van der Waals surface area (Å²) in [7, 11) is -4.01. The van der Waals surface area contributed by atoms with Crippen molar-refractivity contribution in [1.29, 1.82) is 0 Å². The SMILES string of the molecule is CC1CCN(c2ccc(C(C)NC(=O)CN(c3ccccc3Cl)S(=O)(=O)c3ccccc3)cc2)CC1. The minimum Gasteiger partial charge on any atom is -0.372 e. The quantitative estimate of drug-likeness (QED) is 0.412.